The third-order valence-corrected chi connectivity index (χ3v) is 24.8. The van der Waals surface area contributed by atoms with E-state index in [1.165, 1.54) is 174 Å². The Morgan fingerprint density at radius 2 is 0.988 bits per heavy atom. The van der Waals surface area contributed by atoms with Crippen LogP contribution in [0.2, 0.25) is 0 Å². The summed E-state index contributed by atoms with van der Waals surface area (Å²) in [5.41, 5.74) is 23.6. The van der Waals surface area contributed by atoms with Gasteiger partial charge < -0.3 is 14.7 Å². The van der Waals surface area contributed by atoms with Gasteiger partial charge in [0.05, 0.1) is 15.9 Å². The summed E-state index contributed by atoms with van der Waals surface area (Å²) in [6.07, 6.45) is 9.46. The van der Waals surface area contributed by atoms with Crippen LogP contribution in [0.3, 0.4) is 0 Å². The van der Waals surface area contributed by atoms with Crippen LogP contribution in [0, 0.1) is 0 Å². The minimum absolute atomic E-state index is 0.0132. The normalized spacial score (nSPS) is 22.5. The van der Waals surface area contributed by atoms with E-state index in [9.17, 15) is 0 Å². The maximum absolute atomic E-state index is 2.88. The molecule has 0 radical (unpaired) electrons. The number of anilines is 8. The molecule has 8 aromatic carbocycles. The van der Waals surface area contributed by atoms with E-state index in [0.717, 1.165) is 12.8 Å². The van der Waals surface area contributed by atoms with Crippen molar-refractivity contribution >= 4 is 132 Å². The minimum Gasteiger partial charge on any atom is -0.334 e. The van der Waals surface area contributed by atoms with Crippen molar-refractivity contribution in [2.24, 2.45) is 0 Å². The van der Waals surface area contributed by atoms with Crippen LogP contribution >= 0.6 is 22.7 Å². The monoisotopic (exact) mass is 1110 g/mol. The number of benzene rings is 8. The third kappa shape index (κ3) is 6.89. The second-order valence-corrected chi connectivity index (χ2v) is 32.2. The third-order valence-electron chi connectivity index (χ3n) is 22.5. The summed E-state index contributed by atoms with van der Waals surface area (Å²) >= 11 is 3.91. The largest absolute Gasteiger partial charge is 0.334 e. The van der Waals surface area contributed by atoms with Gasteiger partial charge >= 0.3 is 0 Å². The van der Waals surface area contributed by atoms with Gasteiger partial charge in [-0.3, -0.25) is 0 Å². The lowest BCUT2D eigenvalue weighted by Gasteiger charge is -2.51. The van der Waals surface area contributed by atoms with Gasteiger partial charge in [0.2, 0.25) is 0 Å². The predicted octanol–water partition coefficient (Wildman–Crippen LogP) is 20.2. The smallest absolute Gasteiger partial charge is 0.252 e. The highest BCUT2D eigenvalue weighted by Gasteiger charge is 2.59. The average Bonchev–Trinajstić information content (AvgIpc) is 1.54. The van der Waals surface area contributed by atoms with Crippen LogP contribution in [0.4, 0.5) is 45.5 Å². The Labute approximate surface area is 495 Å². The van der Waals surface area contributed by atoms with Crippen molar-refractivity contribution in [3.8, 4) is 0 Å². The van der Waals surface area contributed by atoms with Crippen LogP contribution in [0.5, 0.6) is 0 Å². The molecule has 3 aliphatic carbocycles. The number of hydrogen-bond donors (Lipinski definition) is 0. The molecule has 5 heterocycles. The second-order valence-electron chi connectivity index (χ2n) is 30.1. The summed E-state index contributed by atoms with van der Waals surface area (Å²) in [6.45, 7) is 32.5. The zero-order chi connectivity index (χ0) is 56.6. The highest BCUT2D eigenvalue weighted by atomic mass is 32.1. The molecule has 3 aliphatic heterocycles. The van der Waals surface area contributed by atoms with Crippen molar-refractivity contribution in [1.29, 1.82) is 0 Å². The van der Waals surface area contributed by atoms with Gasteiger partial charge in [0.25, 0.3) is 6.71 Å². The van der Waals surface area contributed by atoms with E-state index in [2.05, 4.69) is 244 Å². The summed E-state index contributed by atoms with van der Waals surface area (Å²) in [7, 11) is 0. The molecule has 0 spiro atoms. The quantitative estimate of drug-likeness (QED) is 0.163. The molecule has 2 aromatic heterocycles. The van der Waals surface area contributed by atoms with Crippen molar-refractivity contribution in [2.75, 3.05) is 14.7 Å². The van der Waals surface area contributed by atoms with Crippen LogP contribution in [0.1, 0.15) is 175 Å². The fourth-order valence-corrected chi connectivity index (χ4v) is 19.5. The van der Waals surface area contributed by atoms with E-state index >= 15 is 0 Å². The van der Waals surface area contributed by atoms with Crippen LogP contribution in [-0.4, -0.2) is 12.3 Å². The molecule has 0 N–H and O–H groups in total. The number of hydrogen-bond acceptors (Lipinski definition) is 5. The van der Waals surface area contributed by atoms with Crippen molar-refractivity contribution in [3.63, 3.8) is 0 Å². The molecule has 16 rings (SSSR count). The van der Waals surface area contributed by atoms with Gasteiger partial charge in [0, 0.05) is 80.9 Å². The predicted molar refractivity (Wildman–Crippen MR) is 358 cm³/mol. The Morgan fingerprint density at radius 3 is 1.70 bits per heavy atom. The maximum atomic E-state index is 2.88. The van der Waals surface area contributed by atoms with Gasteiger partial charge in [-0.1, -0.05) is 169 Å². The molecule has 6 aliphatic rings. The number of thiophene rings is 2. The maximum Gasteiger partial charge on any atom is 0.252 e. The van der Waals surface area contributed by atoms with Gasteiger partial charge in [-0.25, -0.2) is 0 Å². The van der Waals surface area contributed by atoms with Crippen LogP contribution in [-0.2, 0) is 32.5 Å². The minimum atomic E-state index is -0.164. The number of fused-ring (bicyclic) bond motifs is 15. The zero-order valence-electron chi connectivity index (χ0n) is 50.7. The first-order valence-corrected chi connectivity index (χ1v) is 32.5. The first-order chi connectivity index (χ1) is 39.0. The molecule has 1 saturated carbocycles. The second kappa shape index (κ2) is 16.7. The van der Waals surface area contributed by atoms with Gasteiger partial charge in [-0.15, -0.1) is 22.7 Å². The van der Waals surface area contributed by atoms with E-state index in [1.807, 2.05) is 22.7 Å². The SMILES string of the molecule is CC(C)(C)c1ccc2c(c1)C1(C)CCCCC1(C)N2c1cc2c3c(c1)N(c1cccc4c1sc1ccccc14)c1cc4c(cc1B3c1cc3c(cc1N2c1ccc2c(c1)C(C)(C)CCC2(C)C)C(C)(C)CCC3(C)C)sc1ccccc14. The van der Waals surface area contributed by atoms with Crippen LogP contribution in [0.15, 0.2) is 140 Å². The van der Waals surface area contributed by atoms with E-state index in [1.54, 1.807) is 0 Å². The van der Waals surface area contributed by atoms with Gasteiger partial charge in [0.15, 0.2) is 0 Å². The Balaban J connectivity index is 1.08. The lowest BCUT2D eigenvalue weighted by atomic mass is 9.33. The lowest BCUT2D eigenvalue weighted by molar-refractivity contribution is 0.195. The van der Waals surface area contributed by atoms with Crippen molar-refractivity contribution in [2.45, 2.75) is 179 Å². The molecule has 0 amide bonds. The Bertz CT molecular complexity index is 4430. The van der Waals surface area contributed by atoms with Crippen molar-refractivity contribution in [3.05, 3.63) is 173 Å². The summed E-state index contributed by atoms with van der Waals surface area (Å²) in [5, 5.41) is 5.33. The molecular weight excluding hydrogens is 1030 g/mol. The topological polar surface area (TPSA) is 9.72 Å². The molecule has 0 bridgehead atoms. The molecule has 82 heavy (non-hydrogen) atoms. The fourth-order valence-electron chi connectivity index (χ4n) is 17.2. The summed E-state index contributed by atoms with van der Waals surface area (Å²) < 4.78 is 5.37. The van der Waals surface area contributed by atoms with E-state index < -0.39 is 0 Å². The van der Waals surface area contributed by atoms with E-state index in [-0.39, 0.29) is 44.7 Å². The molecule has 2 unspecified atom stereocenters. The summed E-state index contributed by atoms with van der Waals surface area (Å²) in [6, 6.07) is 56.8. The summed E-state index contributed by atoms with van der Waals surface area (Å²) in [4.78, 5) is 8.45. The van der Waals surface area contributed by atoms with Gasteiger partial charge in [-0.05, 0) is 189 Å². The van der Waals surface area contributed by atoms with E-state index in [0.29, 0.717) is 0 Å². The van der Waals surface area contributed by atoms with E-state index in [4.69, 9.17) is 0 Å². The first-order valence-electron chi connectivity index (χ1n) is 30.9. The first kappa shape index (κ1) is 51.3. The fraction of sp³-hybridized carbons (Fsp3) is 0.368. The Morgan fingerprint density at radius 1 is 0.402 bits per heavy atom. The van der Waals surface area contributed by atoms with Gasteiger partial charge in [-0.2, -0.15) is 0 Å². The molecule has 1 fully saturated rings. The molecule has 10 aromatic rings. The van der Waals surface area contributed by atoms with Crippen LogP contribution in [0.25, 0.3) is 40.3 Å². The highest BCUT2D eigenvalue weighted by molar-refractivity contribution is 7.26. The van der Waals surface area contributed by atoms with Gasteiger partial charge in [0.1, 0.15) is 0 Å². The average molecular weight is 1110 g/mol. The van der Waals surface area contributed by atoms with Crippen LogP contribution < -0.4 is 31.1 Å². The molecular formula is C76H78BN3S2. The number of nitrogens with zero attached hydrogens (tertiary/aromatic N) is 3. The summed E-state index contributed by atoms with van der Waals surface area (Å²) in [5.74, 6) is 0. The molecule has 3 nitrogen and oxygen atoms in total. The zero-order valence-corrected chi connectivity index (χ0v) is 52.3. The molecule has 0 saturated heterocycles. The molecule has 2 atom stereocenters. The Kier molecular flexibility index (Phi) is 10.5. The highest BCUT2D eigenvalue weighted by Crippen LogP contribution is 2.63. The van der Waals surface area contributed by atoms with Crippen molar-refractivity contribution < 1.29 is 0 Å². The number of rotatable bonds is 3. The standard InChI is InChI=1S/C76H78BN3S2/c1-70(2,3)45-27-30-59-56(37-45)75(12)31-18-19-32-76(75,13)80(59)47-39-63-68-64(40-47)79(60-24-20-23-50-48-21-14-17-26-66(48)82-69(50)60)61-41-51-49-22-15-16-25-65(49)81-67(51)44-58(61)77(68)57-42-54-55(74(10,11)36-35-73(54,8)9)43-62(57)78(63)46-28-29-52-53(38-46)72(6,7)34-33-71(52,4)5/h14-17,20-30,37-44H,18-19,31-36H2,1-13H3. The molecule has 412 valence electrons. The van der Waals surface area contributed by atoms with Crippen molar-refractivity contribution in [1.82, 2.24) is 0 Å². The lowest BCUT2D eigenvalue weighted by Crippen LogP contribution is -2.62. The Hall–Kier alpha value is -6.34. The molecule has 6 heteroatoms.